The van der Waals surface area contributed by atoms with Crippen molar-refractivity contribution in [3.05, 3.63) is 71.7 Å². The van der Waals surface area contributed by atoms with Crippen molar-refractivity contribution in [3.63, 3.8) is 0 Å². The molecule has 0 aromatic rings. The van der Waals surface area contributed by atoms with Crippen molar-refractivity contribution in [1.29, 1.82) is 0 Å². The Bertz CT molecular complexity index is 780. The Labute approximate surface area is 196 Å². The fraction of sp³-hybridized carbons (Fsp3) is 0.586. The zero-order valence-electron chi connectivity index (χ0n) is 20.8. The van der Waals surface area contributed by atoms with E-state index in [0.717, 1.165) is 66.1 Å². The molecule has 0 aromatic heterocycles. The van der Waals surface area contributed by atoms with E-state index < -0.39 is 0 Å². The quantitative estimate of drug-likeness (QED) is 0.395. The molecule has 3 nitrogen and oxygen atoms in total. The lowest BCUT2D eigenvalue weighted by molar-refractivity contribution is 0.113. The van der Waals surface area contributed by atoms with Crippen LogP contribution in [0.4, 0.5) is 0 Å². The van der Waals surface area contributed by atoms with Crippen molar-refractivity contribution in [2.45, 2.75) is 47.0 Å². The van der Waals surface area contributed by atoms with E-state index in [-0.39, 0.29) is 0 Å². The van der Waals surface area contributed by atoms with Gasteiger partial charge in [-0.1, -0.05) is 76.6 Å². The molecule has 1 heterocycles. The van der Waals surface area contributed by atoms with Gasteiger partial charge in [0.25, 0.3) is 0 Å². The van der Waals surface area contributed by atoms with Crippen LogP contribution in [0.15, 0.2) is 71.7 Å². The summed E-state index contributed by atoms with van der Waals surface area (Å²) >= 11 is 0. The van der Waals surface area contributed by atoms with Crippen LogP contribution in [0.25, 0.3) is 0 Å². The van der Waals surface area contributed by atoms with Crippen LogP contribution in [0, 0.1) is 29.6 Å². The van der Waals surface area contributed by atoms with Crippen molar-refractivity contribution in [1.82, 2.24) is 4.90 Å². The molecule has 3 heteroatoms. The topological polar surface area (TPSA) is 21.7 Å². The van der Waals surface area contributed by atoms with Crippen LogP contribution in [-0.4, -0.2) is 38.3 Å². The predicted octanol–water partition coefficient (Wildman–Crippen LogP) is 6.69. The molecule has 2 aliphatic carbocycles. The van der Waals surface area contributed by atoms with Gasteiger partial charge in [-0.25, -0.2) is 0 Å². The summed E-state index contributed by atoms with van der Waals surface area (Å²) in [6, 6.07) is 0. The minimum atomic E-state index is 0.542. The summed E-state index contributed by atoms with van der Waals surface area (Å²) in [6.45, 7) is 17.4. The number of likely N-dealkylation sites (tertiary alicyclic amines) is 1. The fourth-order valence-corrected chi connectivity index (χ4v) is 6.16. The molecule has 0 N–H and O–H groups in total. The van der Waals surface area contributed by atoms with Gasteiger partial charge in [0, 0.05) is 25.9 Å². The van der Waals surface area contributed by atoms with Gasteiger partial charge in [-0.05, 0) is 60.2 Å². The molecular formula is C29H43NO2. The number of nitrogens with zero attached hydrogens (tertiary/aromatic N) is 1. The van der Waals surface area contributed by atoms with Crippen LogP contribution in [0.1, 0.15) is 47.0 Å². The summed E-state index contributed by atoms with van der Waals surface area (Å²) in [5.41, 5.74) is 3.52. The number of hydrogen-bond donors (Lipinski definition) is 0. The Hall–Kier alpha value is -2.00. The largest absolute Gasteiger partial charge is 0.491 e. The molecule has 1 saturated carbocycles. The Morgan fingerprint density at radius 2 is 1.69 bits per heavy atom. The highest BCUT2D eigenvalue weighted by Gasteiger charge is 2.50. The number of allylic oxidation sites excluding steroid dienone is 9. The summed E-state index contributed by atoms with van der Waals surface area (Å²) in [6.07, 6.45) is 18.3. The average molecular weight is 438 g/mol. The first kappa shape index (κ1) is 24.6. The summed E-state index contributed by atoms with van der Waals surface area (Å²) < 4.78 is 11.3. The molecule has 3 aliphatic rings. The smallest absolute Gasteiger partial charge is 0.122 e. The van der Waals surface area contributed by atoms with E-state index >= 15 is 0 Å². The minimum Gasteiger partial charge on any atom is -0.491 e. The van der Waals surface area contributed by atoms with Gasteiger partial charge in [-0.15, -0.1) is 0 Å². The standard InChI is InChI=1S/C29H43NO2/c1-7-25-26(8-2)28-20-30(19-27(25)22(28)4)23(5)24-15-13-11-9-10-12-14-21(3)29(18-24)32-17-16-31-6/h9-14,18,22,25-28H,5,7-8,15-17,19-20H2,1-4,6H3/b10-9-,13-11+,14-12-,24-18+,29-21-. The molecule has 1 aliphatic heterocycles. The lowest BCUT2D eigenvalue weighted by atomic mass is 9.83. The molecule has 1 saturated heterocycles. The monoisotopic (exact) mass is 437 g/mol. The maximum absolute atomic E-state index is 6.14. The lowest BCUT2D eigenvalue weighted by Gasteiger charge is -2.40. The van der Waals surface area contributed by atoms with Gasteiger partial charge in [0.05, 0.1) is 6.61 Å². The molecule has 0 amide bonds. The van der Waals surface area contributed by atoms with E-state index in [1.807, 2.05) is 0 Å². The van der Waals surface area contributed by atoms with E-state index in [1.165, 1.54) is 18.4 Å². The van der Waals surface area contributed by atoms with Gasteiger partial charge in [0.1, 0.15) is 12.4 Å². The summed E-state index contributed by atoms with van der Waals surface area (Å²) in [4.78, 5) is 2.58. The second-order valence-corrected chi connectivity index (χ2v) is 9.62. The number of hydrogen-bond acceptors (Lipinski definition) is 3. The SMILES string of the molecule is C=C(/C1=C/C(OCCOC)=C(C)/C=C\C=C/C=C/C1)N1CC2C(C)C(C1)C(CC)C2CC. The highest BCUT2D eigenvalue weighted by Crippen LogP contribution is 2.52. The van der Waals surface area contributed by atoms with Crippen LogP contribution in [-0.2, 0) is 9.47 Å². The average Bonchev–Trinajstić information content (AvgIpc) is 2.93. The van der Waals surface area contributed by atoms with Crippen LogP contribution in [0.3, 0.4) is 0 Å². The molecule has 2 fully saturated rings. The third-order valence-corrected chi connectivity index (χ3v) is 7.95. The van der Waals surface area contributed by atoms with Gasteiger partial charge in [0.15, 0.2) is 0 Å². The molecule has 32 heavy (non-hydrogen) atoms. The van der Waals surface area contributed by atoms with Crippen LogP contribution < -0.4 is 0 Å². The minimum absolute atomic E-state index is 0.542. The first-order valence-electron chi connectivity index (χ1n) is 12.5. The number of piperidine rings is 1. The Morgan fingerprint density at radius 1 is 1.03 bits per heavy atom. The van der Waals surface area contributed by atoms with E-state index in [0.29, 0.717) is 13.2 Å². The van der Waals surface area contributed by atoms with Crippen LogP contribution in [0.5, 0.6) is 0 Å². The maximum atomic E-state index is 6.14. The van der Waals surface area contributed by atoms with Crippen molar-refractivity contribution in [3.8, 4) is 0 Å². The second kappa shape index (κ2) is 11.7. The summed E-state index contributed by atoms with van der Waals surface area (Å²) in [7, 11) is 1.71. The Balaban J connectivity index is 1.88. The molecular weight excluding hydrogens is 394 g/mol. The van der Waals surface area contributed by atoms with Gasteiger partial charge >= 0.3 is 0 Å². The molecule has 0 spiro atoms. The molecule has 2 bridgehead atoms. The van der Waals surface area contributed by atoms with Crippen LogP contribution in [0.2, 0.25) is 0 Å². The van der Waals surface area contributed by atoms with Crippen molar-refractivity contribution in [2.24, 2.45) is 29.6 Å². The number of ether oxygens (including phenoxy) is 2. The third-order valence-electron chi connectivity index (χ3n) is 7.95. The molecule has 176 valence electrons. The number of rotatable bonds is 8. The molecule has 4 unspecified atom stereocenters. The first-order chi connectivity index (χ1) is 15.5. The highest BCUT2D eigenvalue weighted by atomic mass is 16.5. The zero-order chi connectivity index (χ0) is 23.1. The van der Waals surface area contributed by atoms with E-state index in [9.17, 15) is 0 Å². The molecule has 3 rings (SSSR count). The highest BCUT2D eigenvalue weighted by molar-refractivity contribution is 5.40. The van der Waals surface area contributed by atoms with Gasteiger partial charge in [-0.3, -0.25) is 0 Å². The van der Waals surface area contributed by atoms with Crippen molar-refractivity contribution < 1.29 is 9.47 Å². The molecule has 0 aromatic carbocycles. The number of methoxy groups -OCH3 is 1. The summed E-state index contributed by atoms with van der Waals surface area (Å²) in [5, 5.41) is 0. The van der Waals surface area contributed by atoms with E-state index in [1.54, 1.807) is 7.11 Å². The summed E-state index contributed by atoms with van der Waals surface area (Å²) in [5.74, 6) is 4.99. The predicted molar refractivity (Wildman–Crippen MR) is 135 cm³/mol. The van der Waals surface area contributed by atoms with E-state index in [2.05, 4.69) is 81.7 Å². The van der Waals surface area contributed by atoms with E-state index in [4.69, 9.17) is 9.47 Å². The molecule has 0 radical (unpaired) electrons. The fourth-order valence-electron chi connectivity index (χ4n) is 6.16. The van der Waals surface area contributed by atoms with Crippen LogP contribution >= 0.6 is 0 Å². The normalized spacial score (nSPS) is 37.2. The first-order valence-corrected chi connectivity index (χ1v) is 12.5. The lowest BCUT2D eigenvalue weighted by Crippen LogP contribution is -2.41. The van der Waals surface area contributed by atoms with Crippen molar-refractivity contribution in [2.75, 3.05) is 33.4 Å². The number of fused-ring (bicyclic) bond motifs is 2. The van der Waals surface area contributed by atoms with Gasteiger partial charge < -0.3 is 14.4 Å². The third kappa shape index (κ3) is 5.49. The second-order valence-electron chi connectivity index (χ2n) is 9.62. The molecule has 4 atom stereocenters. The van der Waals surface area contributed by atoms with Gasteiger partial charge in [0.2, 0.25) is 0 Å². The zero-order valence-corrected chi connectivity index (χ0v) is 20.8. The van der Waals surface area contributed by atoms with Crippen molar-refractivity contribution >= 4 is 0 Å². The Kier molecular flexibility index (Phi) is 9.04. The maximum Gasteiger partial charge on any atom is 0.122 e. The van der Waals surface area contributed by atoms with Gasteiger partial charge in [-0.2, -0.15) is 0 Å². The Morgan fingerprint density at radius 3 is 2.31 bits per heavy atom.